The monoisotopic (exact) mass is 412 g/mol. The third kappa shape index (κ3) is 6.17. The van der Waals surface area contributed by atoms with Crippen molar-refractivity contribution in [3.63, 3.8) is 0 Å². The Morgan fingerprint density at radius 1 is 0.733 bits per heavy atom. The maximum absolute atomic E-state index is 13.2. The highest BCUT2D eigenvalue weighted by Gasteiger charge is 2.42. The smallest absolute Gasteiger partial charge is 0.123 e. The van der Waals surface area contributed by atoms with Crippen LogP contribution in [0, 0.1) is 17.7 Å². The van der Waals surface area contributed by atoms with E-state index >= 15 is 0 Å². The van der Waals surface area contributed by atoms with E-state index < -0.39 is 5.60 Å². The molecule has 0 saturated heterocycles. The van der Waals surface area contributed by atoms with Crippen molar-refractivity contribution >= 4 is 0 Å². The minimum atomic E-state index is -0.735. The Kier molecular flexibility index (Phi) is 9.55. The Labute approximate surface area is 183 Å². The zero-order valence-electron chi connectivity index (χ0n) is 19.6. The SMILES string of the molecule is CCCCCCCCC(c1ccc(-c2ccc(F)cc2)cc1)C(O)(C(C)C)C(C)C. The molecule has 1 atom stereocenters. The second-order valence-corrected chi connectivity index (χ2v) is 9.43. The number of halogens is 1. The largest absolute Gasteiger partial charge is 0.389 e. The average Bonchev–Trinajstić information content (AvgIpc) is 2.73. The molecule has 30 heavy (non-hydrogen) atoms. The maximum Gasteiger partial charge on any atom is 0.123 e. The van der Waals surface area contributed by atoms with Crippen molar-refractivity contribution < 1.29 is 9.50 Å². The predicted octanol–water partition coefficient (Wildman–Crippen LogP) is 8.37. The van der Waals surface area contributed by atoms with E-state index in [-0.39, 0.29) is 23.6 Å². The first-order valence-corrected chi connectivity index (χ1v) is 11.9. The fourth-order valence-electron chi connectivity index (χ4n) is 4.82. The number of hydrogen-bond donors (Lipinski definition) is 1. The summed E-state index contributed by atoms with van der Waals surface area (Å²) in [6.45, 7) is 10.8. The summed E-state index contributed by atoms with van der Waals surface area (Å²) in [6.07, 6.45) is 8.57. The highest BCUT2D eigenvalue weighted by atomic mass is 19.1. The summed E-state index contributed by atoms with van der Waals surface area (Å²) in [4.78, 5) is 0. The fraction of sp³-hybridized carbons (Fsp3) is 0.571. The Morgan fingerprint density at radius 2 is 1.20 bits per heavy atom. The average molecular weight is 413 g/mol. The van der Waals surface area contributed by atoms with Gasteiger partial charge in [0.1, 0.15) is 5.82 Å². The molecule has 0 aliphatic heterocycles. The molecule has 2 rings (SSSR count). The van der Waals surface area contributed by atoms with Crippen LogP contribution in [-0.4, -0.2) is 10.7 Å². The van der Waals surface area contributed by atoms with E-state index in [1.54, 1.807) is 0 Å². The molecule has 0 bridgehead atoms. The number of rotatable bonds is 12. The third-order valence-corrected chi connectivity index (χ3v) is 6.74. The Bertz CT molecular complexity index is 722. The van der Waals surface area contributed by atoms with E-state index in [4.69, 9.17) is 0 Å². The predicted molar refractivity (Wildman–Crippen MR) is 127 cm³/mol. The van der Waals surface area contributed by atoms with Gasteiger partial charge in [-0.2, -0.15) is 0 Å². The summed E-state index contributed by atoms with van der Waals surface area (Å²) >= 11 is 0. The zero-order chi connectivity index (χ0) is 22.1. The van der Waals surface area contributed by atoms with Gasteiger partial charge in [0.25, 0.3) is 0 Å². The van der Waals surface area contributed by atoms with Crippen molar-refractivity contribution in [2.24, 2.45) is 11.8 Å². The molecule has 0 aromatic heterocycles. The summed E-state index contributed by atoms with van der Waals surface area (Å²) in [5, 5.41) is 11.8. The quantitative estimate of drug-likeness (QED) is 0.347. The molecule has 0 spiro atoms. The Morgan fingerprint density at radius 3 is 1.70 bits per heavy atom. The van der Waals surface area contributed by atoms with Gasteiger partial charge in [0, 0.05) is 5.92 Å². The van der Waals surface area contributed by atoms with Crippen LogP contribution < -0.4 is 0 Å². The standard InChI is InChI=1S/C28H41FO/c1-6-7-8-9-10-11-12-27(28(30,21(2)3)22(4)5)25-15-13-23(14-16-25)24-17-19-26(29)20-18-24/h13-22,27,30H,6-12H2,1-5H3. The van der Waals surface area contributed by atoms with Crippen LogP contribution in [0.2, 0.25) is 0 Å². The lowest BCUT2D eigenvalue weighted by Gasteiger charge is -2.43. The van der Waals surface area contributed by atoms with Crippen LogP contribution in [0.5, 0.6) is 0 Å². The van der Waals surface area contributed by atoms with Crippen molar-refractivity contribution in [3.05, 3.63) is 59.9 Å². The van der Waals surface area contributed by atoms with Gasteiger partial charge in [0.2, 0.25) is 0 Å². The number of hydrogen-bond acceptors (Lipinski definition) is 1. The van der Waals surface area contributed by atoms with Crippen molar-refractivity contribution in [1.82, 2.24) is 0 Å². The molecular formula is C28H41FO. The molecule has 0 amide bonds. The van der Waals surface area contributed by atoms with E-state index in [9.17, 15) is 9.50 Å². The van der Waals surface area contributed by atoms with E-state index in [1.165, 1.54) is 49.8 Å². The highest BCUT2D eigenvalue weighted by Crippen LogP contribution is 2.43. The molecule has 166 valence electrons. The van der Waals surface area contributed by atoms with Crippen LogP contribution in [0.4, 0.5) is 4.39 Å². The number of unbranched alkanes of at least 4 members (excludes halogenated alkanes) is 5. The molecule has 0 heterocycles. The molecule has 0 saturated carbocycles. The van der Waals surface area contributed by atoms with Gasteiger partial charge < -0.3 is 5.11 Å². The van der Waals surface area contributed by atoms with Crippen molar-refractivity contribution in [1.29, 1.82) is 0 Å². The van der Waals surface area contributed by atoms with Crippen molar-refractivity contribution in [3.8, 4) is 11.1 Å². The lowest BCUT2D eigenvalue weighted by molar-refractivity contribution is -0.0730. The molecule has 2 aromatic carbocycles. The van der Waals surface area contributed by atoms with E-state index in [0.717, 1.165) is 24.0 Å². The minimum Gasteiger partial charge on any atom is -0.389 e. The summed E-state index contributed by atoms with van der Waals surface area (Å²) in [5.41, 5.74) is 2.56. The maximum atomic E-state index is 13.2. The van der Waals surface area contributed by atoms with Gasteiger partial charge in [0.15, 0.2) is 0 Å². The van der Waals surface area contributed by atoms with Gasteiger partial charge in [-0.1, -0.05) is 110 Å². The van der Waals surface area contributed by atoms with E-state index in [1.807, 2.05) is 12.1 Å². The van der Waals surface area contributed by atoms with Crippen LogP contribution >= 0.6 is 0 Å². The summed E-state index contributed by atoms with van der Waals surface area (Å²) in [7, 11) is 0. The van der Waals surface area contributed by atoms with Crippen molar-refractivity contribution in [2.45, 2.75) is 91.1 Å². The fourth-order valence-corrected chi connectivity index (χ4v) is 4.82. The van der Waals surface area contributed by atoms with Gasteiger partial charge >= 0.3 is 0 Å². The van der Waals surface area contributed by atoms with Gasteiger partial charge in [-0.3, -0.25) is 0 Å². The Balaban J connectivity index is 2.23. The summed E-state index contributed by atoms with van der Waals surface area (Å²) in [5.74, 6) is 0.262. The van der Waals surface area contributed by atoms with Crippen LogP contribution in [0.3, 0.4) is 0 Å². The van der Waals surface area contributed by atoms with E-state index in [2.05, 4.69) is 58.9 Å². The second kappa shape index (κ2) is 11.6. The van der Waals surface area contributed by atoms with Crippen molar-refractivity contribution in [2.75, 3.05) is 0 Å². The normalized spacial score (nSPS) is 13.2. The molecule has 1 N–H and O–H groups in total. The molecular weight excluding hydrogens is 371 g/mol. The van der Waals surface area contributed by atoms with Crippen LogP contribution in [-0.2, 0) is 0 Å². The highest BCUT2D eigenvalue weighted by molar-refractivity contribution is 5.63. The summed E-state index contributed by atoms with van der Waals surface area (Å²) in [6, 6.07) is 15.2. The molecule has 2 aromatic rings. The molecule has 0 aliphatic rings. The van der Waals surface area contributed by atoms with E-state index in [0.29, 0.717) is 0 Å². The molecule has 1 unspecified atom stereocenters. The molecule has 0 fully saturated rings. The van der Waals surface area contributed by atoms with Crippen LogP contribution in [0.15, 0.2) is 48.5 Å². The first kappa shape index (κ1) is 24.6. The first-order valence-electron chi connectivity index (χ1n) is 11.9. The third-order valence-electron chi connectivity index (χ3n) is 6.74. The van der Waals surface area contributed by atoms with Gasteiger partial charge in [-0.25, -0.2) is 4.39 Å². The van der Waals surface area contributed by atoms with Gasteiger partial charge in [-0.15, -0.1) is 0 Å². The molecule has 0 radical (unpaired) electrons. The number of benzene rings is 2. The topological polar surface area (TPSA) is 20.2 Å². The first-order chi connectivity index (χ1) is 14.3. The van der Waals surface area contributed by atoms with Crippen LogP contribution in [0.25, 0.3) is 11.1 Å². The summed E-state index contributed by atoms with van der Waals surface area (Å²) < 4.78 is 13.2. The minimum absolute atomic E-state index is 0.117. The Hall–Kier alpha value is -1.67. The van der Waals surface area contributed by atoms with Gasteiger partial charge in [0.05, 0.1) is 5.60 Å². The number of aliphatic hydroxyl groups is 1. The molecule has 2 heteroatoms. The van der Waals surface area contributed by atoms with Gasteiger partial charge in [-0.05, 0) is 47.1 Å². The lowest BCUT2D eigenvalue weighted by Crippen LogP contribution is -2.46. The van der Waals surface area contributed by atoms with Crippen LogP contribution in [0.1, 0.15) is 91.0 Å². The molecule has 0 aliphatic carbocycles. The lowest BCUT2D eigenvalue weighted by atomic mass is 9.67. The molecule has 1 nitrogen and oxygen atoms in total. The second-order valence-electron chi connectivity index (χ2n) is 9.43. The zero-order valence-corrected chi connectivity index (χ0v) is 19.6.